The molecule has 132 valence electrons. The molecule has 1 aliphatic heterocycles. The van der Waals surface area contributed by atoms with Crippen LogP contribution >= 0.6 is 0 Å². The van der Waals surface area contributed by atoms with Crippen molar-refractivity contribution in [2.75, 3.05) is 24.5 Å². The number of anilines is 1. The molecule has 1 N–H and O–H groups in total. The van der Waals surface area contributed by atoms with E-state index in [2.05, 4.69) is 27.3 Å². The van der Waals surface area contributed by atoms with E-state index in [9.17, 15) is 4.79 Å². The van der Waals surface area contributed by atoms with Gasteiger partial charge in [0.05, 0.1) is 11.6 Å². The number of amides is 1. The molecule has 0 bridgehead atoms. The van der Waals surface area contributed by atoms with E-state index in [-0.39, 0.29) is 11.8 Å². The van der Waals surface area contributed by atoms with Gasteiger partial charge in [0.15, 0.2) is 5.82 Å². The van der Waals surface area contributed by atoms with Crippen molar-refractivity contribution >= 4 is 11.7 Å². The maximum atomic E-state index is 12.3. The highest BCUT2D eigenvalue weighted by molar-refractivity contribution is 5.79. The Bertz CT molecular complexity index is 672. The number of carbonyl (C=O) groups excluding carboxylic acids is 1. The van der Waals surface area contributed by atoms with Gasteiger partial charge in [-0.15, -0.1) is 10.2 Å². The number of piperidine rings is 1. The van der Waals surface area contributed by atoms with Gasteiger partial charge in [0.2, 0.25) is 5.91 Å². The number of aromatic nitrogens is 2. The van der Waals surface area contributed by atoms with E-state index >= 15 is 0 Å². The van der Waals surface area contributed by atoms with Gasteiger partial charge >= 0.3 is 0 Å². The first kappa shape index (κ1) is 17.4. The van der Waals surface area contributed by atoms with Crippen molar-refractivity contribution in [3.05, 3.63) is 42.5 Å². The molecule has 5 heteroatoms. The van der Waals surface area contributed by atoms with Crippen molar-refractivity contribution < 1.29 is 4.79 Å². The van der Waals surface area contributed by atoms with Gasteiger partial charge in [-0.1, -0.05) is 43.7 Å². The minimum Gasteiger partial charge on any atom is -0.356 e. The number of rotatable bonds is 6. The zero-order valence-corrected chi connectivity index (χ0v) is 14.8. The van der Waals surface area contributed by atoms with Gasteiger partial charge < -0.3 is 10.2 Å². The second-order valence-electron chi connectivity index (χ2n) is 6.57. The Morgan fingerprint density at radius 1 is 1.20 bits per heavy atom. The first-order valence-corrected chi connectivity index (χ1v) is 9.19. The molecule has 1 atom stereocenters. The van der Waals surface area contributed by atoms with Gasteiger partial charge in [-0.3, -0.25) is 4.79 Å². The Labute approximate surface area is 149 Å². The summed E-state index contributed by atoms with van der Waals surface area (Å²) in [5.41, 5.74) is 1.93. The highest BCUT2D eigenvalue weighted by atomic mass is 16.1. The normalized spacial score (nSPS) is 17.3. The third-order valence-electron chi connectivity index (χ3n) is 4.67. The summed E-state index contributed by atoms with van der Waals surface area (Å²) in [6.45, 7) is 4.55. The van der Waals surface area contributed by atoms with Gasteiger partial charge in [-0.25, -0.2) is 0 Å². The largest absolute Gasteiger partial charge is 0.356 e. The van der Waals surface area contributed by atoms with Crippen LogP contribution in [-0.2, 0) is 4.79 Å². The molecule has 0 radical (unpaired) electrons. The molecule has 1 aromatic heterocycles. The molecule has 1 aliphatic rings. The molecule has 2 aromatic rings. The van der Waals surface area contributed by atoms with E-state index in [0.29, 0.717) is 0 Å². The van der Waals surface area contributed by atoms with Crippen molar-refractivity contribution in [3.8, 4) is 11.3 Å². The summed E-state index contributed by atoms with van der Waals surface area (Å²) in [7, 11) is 0. The Kier molecular flexibility index (Phi) is 5.99. The van der Waals surface area contributed by atoms with Crippen LogP contribution < -0.4 is 10.2 Å². The van der Waals surface area contributed by atoms with Crippen LogP contribution in [0.1, 0.15) is 32.6 Å². The molecule has 1 fully saturated rings. The lowest BCUT2D eigenvalue weighted by molar-refractivity contribution is -0.125. The predicted molar refractivity (Wildman–Crippen MR) is 100 cm³/mol. The van der Waals surface area contributed by atoms with Crippen LogP contribution in [-0.4, -0.2) is 35.7 Å². The smallest absolute Gasteiger partial charge is 0.224 e. The van der Waals surface area contributed by atoms with Crippen LogP contribution in [0, 0.1) is 5.92 Å². The van der Waals surface area contributed by atoms with E-state index < -0.39 is 0 Å². The van der Waals surface area contributed by atoms with Crippen LogP contribution in [0.3, 0.4) is 0 Å². The zero-order chi connectivity index (χ0) is 17.5. The van der Waals surface area contributed by atoms with Gasteiger partial charge in [-0.2, -0.15) is 0 Å². The van der Waals surface area contributed by atoms with Crippen molar-refractivity contribution in [2.24, 2.45) is 5.92 Å². The third kappa shape index (κ3) is 4.56. The number of nitrogens with zero attached hydrogens (tertiary/aromatic N) is 3. The SMILES string of the molecule is CCCCNC(=O)C1CCCN(c2ccc(-c3ccccc3)nn2)C1. The van der Waals surface area contributed by atoms with E-state index in [1.165, 1.54) is 0 Å². The maximum absolute atomic E-state index is 12.3. The fraction of sp³-hybridized carbons (Fsp3) is 0.450. The van der Waals surface area contributed by atoms with Crippen LogP contribution in [0.5, 0.6) is 0 Å². The van der Waals surface area contributed by atoms with Gasteiger partial charge in [0.1, 0.15) is 0 Å². The van der Waals surface area contributed by atoms with Crippen LogP contribution in [0.25, 0.3) is 11.3 Å². The summed E-state index contributed by atoms with van der Waals surface area (Å²) >= 11 is 0. The number of benzene rings is 1. The average Bonchev–Trinajstić information content (AvgIpc) is 2.69. The molecule has 3 rings (SSSR count). The fourth-order valence-electron chi connectivity index (χ4n) is 3.19. The molecule has 2 heterocycles. The van der Waals surface area contributed by atoms with Crippen molar-refractivity contribution in [1.82, 2.24) is 15.5 Å². The topological polar surface area (TPSA) is 58.1 Å². The Morgan fingerprint density at radius 3 is 2.76 bits per heavy atom. The summed E-state index contributed by atoms with van der Waals surface area (Å²) in [6.07, 6.45) is 4.09. The molecule has 1 saturated heterocycles. The Balaban J connectivity index is 1.62. The number of hydrogen-bond acceptors (Lipinski definition) is 4. The maximum Gasteiger partial charge on any atom is 0.224 e. The third-order valence-corrected chi connectivity index (χ3v) is 4.67. The van der Waals surface area contributed by atoms with Crippen molar-refractivity contribution in [1.29, 1.82) is 0 Å². The highest BCUT2D eigenvalue weighted by Gasteiger charge is 2.26. The number of unbranched alkanes of at least 4 members (excludes halogenated alkanes) is 1. The van der Waals surface area contributed by atoms with E-state index in [4.69, 9.17) is 0 Å². The minimum atomic E-state index is 0.0428. The summed E-state index contributed by atoms with van der Waals surface area (Å²) in [5.74, 6) is 1.07. The van der Waals surface area contributed by atoms with Crippen molar-refractivity contribution in [2.45, 2.75) is 32.6 Å². The van der Waals surface area contributed by atoms with Crippen LogP contribution in [0.15, 0.2) is 42.5 Å². The lowest BCUT2D eigenvalue weighted by Crippen LogP contribution is -2.43. The lowest BCUT2D eigenvalue weighted by Gasteiger charge is -2.32. The average molecular weight is 338 g/mol. The molecular formula is C20H26N4O. The fourth-order valence-corrected chi connectivity index (χ4v) is 3.19. The van der Waals surface area contributed by atoms with E-state index in [1.807, 2.05) is 42.5 Å². The summed E-state index contributed by atoms with van der Waals surface area (Å²) in [5, 5.41) is 11.8. The quantitative estimate of drug-likeness (QED) is 0.821. The number of hydrogen-bond donors (Lipinski definition) is 1. The van der Waals surface area contributed by atoms with E-state index in [1.54, 1.807) is 0 Å². The first-order valence-electron chi connectivity index (χ1n) is 9.19. The molecule has 5 nitrogen and oxygen atoms in total. The molecule has 1 unspecified atom stereocenters. The minimum absolute atomic E-state index is 0.0428. The standard InChI is InChI=1S/C20H26N4O/c1-2-3-13-21-20(25)17-10-7-14-24(15-17)19-12-11-18(22-23-19)16-8-5-4-6-9-16/h4-6,8-9,11-12,17H,2-3,7,10,13-15H2,1H3,(H,21,25). The molecule has 0 saturated carbocycles. The zero-order valence-electron chi connectivity index (χ0n) is 14.8. The first-order chi connectivity index (χ1) is 12.3. The van der Waals surface area contributed by atoms with Gasteiger partial charge in [0, 0.05) is 25.2 Å². The second-order valence-corrected chi connectivity index (χ2v) is 6.57. The number of nitrogens with one attached hydrogen (secondary N) is 1. The van der Waals surface area contributed by atoms with Crippen LogP contribution in [0.2, 0.25) is 0 Å². The molecular weight excluding hydrogens is 312 g/mol. The van der Waals surface area contributed by atoms with Gasteiger partial charge in [-0.05, 0) is 31.4 Å². The summed E-state index contributed by atoms with van der Waals surface area (Å²) in [6, 6.07) is 14.1. The van der Waals surface area contributed by atoms with Crippen molar-refractivity contribution in [3.63, 3.8) is 0 Å². The molecule has 25 heavy (non-hydrogen) atoms. The molecule has 1 amide bonds. The summed E-state index contributed by atoms with van der Waals surface area (Å²) in [4.78, 5) is 14.5. The van der Waals surface area contributed by atoms with Crippen LogP contribution in [0.4, 0.5) is 5.82 Å². The lowest BCUT2D eigenvalue weighted by atomic mass is 9.97. The Hall–Kier alpha value is -2.43. The molecule has 0 aliphatic carbocycles. The second kappa shape index (κ2) is 8.60. The molecule has 1 aromatic carbocycles. The summed E-state index contributed by atoms with van der Waals surface area (Å²) < 4.78 is 0. The molecule has 0 spiro atoms. The predicted octanol–water partition coefficient (Wildman–Crippen LogP) is 3.28. The highest BCUT2D eigenvalue weighted by Crippen LogP contribution is 2.23. The van der Waals surface area contributed by atoms with E-state index in [0.717, 1.165) is 62.4 Å². The monoisotopic (exact) mass is 338 g/mol. The Morgan fingerprint density at radius 2 is 2.04 bits per heavy atom. The van der Waals surface area contributed by atoms with Gasteiger partial charge in [0.25, 0.3) is 0 Å². The number of carbonyl (C=O) groups is 1.